The van der Waals surface area contributed by atoms with E-state index in [2.05, 4.69) is 34.4 Å². The Bertz CT molecular complexity index is 522. The lowest BCUT2D eigenvalue weighted by Gasteiger charge is -2.21. The van der Waals surface area contributed by atoms with Crippen molar-refractivity contribution in [1.29, 1.82) is 0 Å². The van der Waals surface area contributed by atoms with Gasteiger partial charge in [0.05, 0.1) is 0 Å². The number of nitrogens with zero attached hydrogens (tertiary/aromatic N) is 2. The van der Waals surface area contributed by atoms with Crippen LogP contribution in [0.1, 0.15) is 35.2 Å². The smallest absolute Gasteiger partial charge is 0.252 e. The third-order valence-corrected chi connectivity index (χ3v) is 3.33. The fourth-order valence-corrected chi connectivity index (χ4v) is 2.42. The number of fused-ring (bicyclic) bond motifs is 1. The largest absolute Gasteiger partial charge is 0.387 e. The molecular formula is C13H14N2O2. The van der Waals surface area contributed by atoms with Gasteiger partial charge in [0, 0.05) is 5.92 Å². The third-order valence-electron chi connectivity index (χ3n) is 3.33. The molecule has 1 aliphatic rings. The molecule has 0 aliphatic heterocycles. The van der Waals surface area contributed by atoms with Crippen LogP contribution in [0.15, 0.2) is 28.8 Å². The van der Waals surface area contributed by atoms with Crippen molar-refractivity contribution >= 4 is 0 Å². The molecule has 2 aromatic rings. The predicted molar refractivity (Wildman–Crippen MR) is 61.4 cm³/mol. The van der Waals surface area contributed by atoms with Crippen LogP contribution in [0.3, 0.4) is 0 Å². The number of aromatic nitrogens is 2. The van der Waals surface area contributed by atoms with E-state index in [4.69, 9.17) is 9.63 Å². The minimum absolute atomic E-state index is 0.184. The average molecular weight is 230 g/mol. The lowest BCUT2D eigenvalue weighted by molar-refractivity contribution is 0.222. The van der Waals surface area contributed by atoms with E-state index in [1.807, 2.05) is 0 Å². The fourth-order valence-electron chi connectivity index (χ4n) is 2.42. The zero-order chi connectivity index (χ0) is 11.7. The molecule has 1 heterocycles. The van der Waals surface area contributed by atoms with Gasteiger partial charge in [0.15, 0.2) is 5.82 Å². The van der Waals surface area contributed by atoms with Gasteiger partial charge in [0.1, 0.15) is 6.61 Å². The van der Waals surface area contributed by atoms with Crippen LogP contribution in [-0.2, 0) is 19.4 Å². The zero-order valence-corrected chi connectivity index (χ0v) is 9.47. The first-order valence-electron chi connectivity index (χ1n) is 5.87. The Morgan fingerprint density at radius 1 is 1.29 bits per heavy atom. The maximum absolute atomic E-state index is 8.91. The van der Waals surface area contributed by atoms with Crippen molar-refractivity contribution < 1.29 is 9.63 Å². The summed E-state index contributed by atoms with van der Waals surface area (Å²) in [5, 5.41) is 12.8. The summed E-state index contributed by atoms with van der Waals surface area (Å²) in [4.78, 5) is 4.20. The van der Waals surface area contributed by atoms with E-state index in [0.717, 1.165) is 25.1 Å². The number of aliphatic hydroxyl groups is 1. The zero-order valence-electron chi connectivity index (χ0n) is 9.47. The first kappa shape index (κ1) is 10.5. The summed E-state index contributed by atoms with van der Waals surface area (Å²) in [5.41, 5.74) is 2.80. The van der Waals surface area contributed by atoms with E-state index in [1.165, 1.54) is 11.1 Å². The molecule has 4 nitrogen and oxygen atoms in total. The monoisotopic (exact) mass is 230 g/mol. The Morgan fingerprint density at radius 2 is 2.12 bits per heavy atom. The van der Waals surface area contributed by atoms with Gasteiger partial charge in [-0.25, -0.2) is 0 Å². The molecule has 0 saturated carbocycles. The van der Waals surface area contributed by atoms with E-state index in [-0.39, 0.29) is 6.61 Å². The molecule has 1 aromatic heterocycles. The van der Waals surface area contributed by atoms with Gasteiger partial charge in [0.2, 0.25) is 0 Å². The fraction of sp³-hybridized carbons (Fsp3) is 0.385. The van der Waals surface area contributed by atoms with Gasteiger partial charge in [-0.1, -0.05) is 29.4 Å². The van der Waals surface area contributed by atoms with Crippen molar-refractivity contribution in [2.45, 2.75) is 31.8 Å². The van der Waals surface area contributed by atoms with Crippen LogP contribution in [0.2, 0.25) is 0 Å². The molecule has 1 aliphatic carbocycles. The Balaban J connectivity index is 1.84. The minimum Gasteiger partial charge on any atom is -0.387 e. The first-order chi connectivity index (χ1) is 8.36. The third kappa shape index (κ3) is 1.96. The second kappa shape index (κ2) is 4.30. The van der Waals surface area contributed by atoms with E-state index in [0.29, 0.717) is 11.8 Å². The summed E-state index contributed by atoms with van der Waals surface area (Å²) in [5.74, 6) is 1.34. The highest BCUT2D eigenvalue weighted by molar-refractivity contribution is 5.31. The minimum atomic E-state index is -0.184. The van der Waals surface area contributed by atoms with E-state index in [9.17, 15) is 0 Å². The highest BCUT2D eigenvalue weighted by Crippen LogP contribution is 2.30. The molecule has 1 N–H and O–H groups in total. The second-order valence-corrected chi connectivity index (χ2v) is 4.41. The Labute approximate surface area is 99.3 Å². The van der Waals surface area contributed by atoms with E-state index in [1.54, 1.807) is 0 Å². The van der Waals surface area contributed by atoms with Crippen LogP contribution >= 0.6 is 0 Å². The van der Waals surface area contributed by atoms with Crippen LogP contribution in [0.4, 0.5) is 0 Å². The van der Waals surface area contributed by atoms with Crippen molar-refractivity contribution in [3.05, 3.63) is 47.1 Å². The molecule has 0 amide bonds. The van der Waals surface area contributed by atoms with Crippen LogP contribution < -0.4 is 0 Å². The summed E-state index contributed by atoms with van der Waals surface area (Å²) >= 11 is 0. The SMILES string of the molecule is OCc1nc(C2CCc3ccccc3C2)no1. The number of hydrogen-bond acceptors (Lipinski definition) is 4. The van der Waals surface area contributed by atoms with E-state index < -0.39 is 0 Å². The molecule has 0 bridgehead atoms. The number of hydrogen-bond donors (Lipinski definition) is 1. The van der Waals surface area contributed by atoms with Crippen LogP contribution in [0.25, 0.3) is 0 Å². The quantitative estimate of drug-likeness (QED) is 0.855. The van der Waals surface area contributed by atoms with Crippen molar-refractivity contribution in [3.8, 4) is 0 Å². The summed E-state index contributed by atoms with van der Waals surface area (Å²) in [6.07, 6.45) is 3.06. The number of aryl methyl sites for hydroxylation is 1. The summed E-state index contributed by atoms with van der Waals surface area (Å²) in [6.45, 7) is -0.184. The van der Waals surface area contributed by atoms with Crippen molar-refractivity contribution in [3.63, 3.8) is 0 Å². The van der Waals surface area contributed by atoms with Crippen molar-refractivity contribution in [2.24, 2.45) is 0 Å². The molecule has 88 valence electrons. The maximum atomic E-state index is 8.91. The van der Waals surface area contributed by atoms with E-state index >= 15 is 0 Å². The van der Waals surface area contributed by atoms with Gasteiger partial charge < -0.3 is 9.63 Å². The molecule has 17 heavy (non-hydrogen) atoms. The standard InChI is InChI=1S/C13H14N2O2/c16-8-12-14-13(15-17-12)11-6-5-9-3-1-2-4-10(9)7-11/h1-4,11,16H,5-8H2. The van der Waals surface area contributed by atoms with Gasteiger partial charge >= 0.3 is 0 Å². The molecule has 1 unspecified atom stereocenters. The van der Waals surface area contributed by atoms with Gasteiger partial charge in [-0.15, -0.1) is 0 Å². The molecule has 1 atom stereocenters. The highest BCUT2D eigenvalue weighted by Gasteiger charge is 2.23. The van der Waals surface area contributed by atoms with Gasteiger partial charge in [-0.05, 0) is 30.4 Å². The molecular weight excluding hydrogens is 216 g/mol. The van der Waals surface area contributed by atoms with Crippen molar-refractivity contribution in [1.82, 2.24) is 10.1 Å². The molecule has 4 heteroatoms. The lowest BCUT2D eigenvalue weighted by atomic mass is 9.83. The van der Waals surface area contributed by atoms with Crippen molar-refractivity contribution in [2.75, 3.05) is 0 Å². The number of rotatable bonds is 2. The number of benzene rings is 1. The van der Waals surface area contributed by atoms with Gasteiger partial charge in [-0.3, -0.25) is 0 Å². The van der Waals surface area contributed by atoms with Gasteiger partial charge in [0.25, 0.3) is 5.89 Å². The predicted octanol–water partition coefficient (Wildman–Crippen LogP) is 1.83. The molecule has 0 spiro atoms. The second-order valence-electron chi connectivity index (χ2n) is 4.41. The molecule has 3 rings (SSSR count). The Kier molecular flexibility index (Phi) is 2.65. The molecule has 1 aromatic carbocycles. The first-order valence-corrected chi connectivity index (χ1v) is 5.87. The van der Waals surface area contributed by atoms with Gasteiger partial charge in [-0.2, -0.15) is 4.98 Å². The van der Waals surface area contributed by atoms with Crippen LogP contribution in [-0.4, -0.2) is 15.2 Å². The van der Waals surface area contributed by atoms with Crippen LogP contribution in [0.5, 0.6) is 0 Å². The lowest BCUT2D eigenvalue weighted by Crippen LogP contribution is -2.13. The Hall–Kier alpha value is -1.68. The molecule has 0 saturated heterocycles. The number of aliphatic hydroxyl groups excluding tert-OH is 1. The van der Waals surface area contributed by atoms with Crippen LogP contribution in [0, 0.1) is 0 Å². The Morgan fingerprint density at radius 3 is 2.88 bits per heavy atom. The summed E-state index contributed by atoms with van der Waals surface area (Å²) in [6, 6.07) is 8.49. The summed E-state index contributed by atoms with van der Waals surface area (Å²) < 4.78 is 4.94. The molecule has 0 fully saturated rings. The normalized spacial score (nSPS) is 19.0. The summed E-state index contributed by atoms with van der Waals surface area (Å²) in [7, 11) is 0. The highest BCUT2D eigenvalue weighted by atomic mass is 16.5. The topological polar surface area (TPSA) is 59.2 Å². The molecule has 0 radical (unpaired) electrons. The maximum Gasteiger partial charge on any atom is 0.252 e. The average Bonchev–Trinajstić information content (AvgIpc) is 2.87.